The zero-order valence-electron chi connectivity index (χ0n) is 14.3. The maximum Gasteiger partial charge on any atom is 0.255 e. The van der Waals surface area contributed by atoms with Crippen LogP contribution in [-0.4, -0.2) is 35.5 Å². The number of piperidine rings is 1. The van der Waals surface area contributed by atoms with E-state index in [1.807, 2.05) is 23.2 Å². The van der Waals surface area contributed by atoms with Crippen LogP contribution in [0.25, 0.3) is 0 Å². The molecule has 0 aliphatic carbocycles. The Labute approximate surface area is 150 Å². The van der Waals surface area contributed by atoms with Gasteiger partial charge in [-0.15, -0.1) is 11.3 Å². The summed E-state index contributed by atoms with van der Waals surface area (Å²) >= 11 is 1.81. The number of aryl methyl sites for hydroxylation is 1. The van der Waals surface area contributed by atoms with Gasteiger partial charge in [0, 0.05) is 36.1 Å². The number of H-pyrrole nitrogens is 1. The summed E-state index contributed by atoms with van der Waals surface area (Å²) in [5.74, 6) is 0.00398. The number of aromatic amines is 1. The molecule has 2 aromatic rings. The van der Waals surface area contributed by atoms with Crippen molar-refractivity contribution in [3.05, 3.63) is 55.6 Å². The molecule has 4 heterocycles. The maximum absolute atomic E-state index is 12.9. The standard InChI is InChI=1S/C19H22N2O3S/c1-2-15-13(3-4-17(22)20-15)18(23)21-9-7-19(8-10-21)14-6-12-25-16(14)5-11-24-19/h3-4,6,12H,2,5,7-11H2,1H3,(H,20,22). The first kappa shape index (κ1) is 16.5. The fourth-order valence-electron chi connectivity index (χ4n) is 4.01. The van der Waals surface area contributed by atoms with E-state index in [1.165, 1.54) is 16.5 Å². The van der Waals surface area contributed by atoms with Crippen LogP contribution in [0.5, 0.6) is 0 Å². The molecule has 0 unspecified atom stereocenters. The van der Waals surface area contributed by atoms with Crippen molar-refractivity contribution in [2.24, 2.45) is 0 Å². The van der Waals surface area contributed by atoms with Crippen LogP contribution in [0.2, 0.25) is 0 Å². The summed E-state index contributed by atoms with van der Waals surface area (Å²) in [7, 11) is 0. The van der Waals surface area contributed by atoms with Gasteiger partial charge in [-0.25, -0.2) is 0 Å². The van der Waals surface area contributed by atoms with Gasteiger partial charge in [-0.3, -0.25) is 9.59 Å². The highest BCUT2D eigenvalue weighted by Crippen LogP contribution is 2.43. The van der Waals surface area contributed by atoms with E-state index in [-0.39, 0.29) is 17.1 Å². The molecule has 2 aliphatic rings. The van der Waals surface area contributed by atoms with Gasteiger partial charge in [-0.1, -0.05) is 6.92 Å². The molecule has 0 aromatic carbocycles. The highest BCUT2D eigenvalue weighted by atomic mass is 32.1. The molecule has 2 aliphatic heterocycles. The number of amides is 1. The van der Waals surface area contributed by atoms with Crippen LogP contribution in [-0.2, 0) is 23.2 Å². The number of rotatable bonds is 2. The van der Waals surface area contributed by atoms with Crippen LogP contribution in [0.4, 0.5) is 0 Å². The Hall–Kier alpha value is -1.92. The molecule has 1 saturated heterocycles. The fourth-order valence-corrected chi connectivity index (χ4v) is 4.96. The quantitative estimate of drug-likeness (QED) is 0.898. The van der Waals surface area contributed by atoms with Gasteiger partial charge in [0.05, 0.1) is 17.8 Å². The molecule has 0 atom stereocenters. The highest BCUT2D eigenvalue weighted by Gasteiger charge is 2.42. The molecule has 6 heteroatoms. The van der Waals surface area contributed by atoms with Crippen LogP contribution in [0.1, 0.15) is 46.3 Å². The Balaban J connectivity index is 1.53. The topological polar surface area (TPSA) is 62.4 Å². The number of ether oxygens (including phenoxy) is 1. The largest absolute Gasteiger partial charge is 0.370 e. The molecule has 1 N–H and O–H groups in total. The van der Waals surface area contributed by atoms with E-state index in [0.29, 0.717) is 30.8 Å². The minimum absolute atomic E-state index is 0.00398. The molecule has 132 valence electrons. The summed E-state index contributed by atoms with van der Waals surface area (Å²) in [6.07, 6.45) is 3.28. The summed E-state index contributed by atoms with van der Waals surface area (Å²) < 4.78 is 6.21. The first-order chi connectivity index (χ1) is 12.1. The Bertz CT molecular complexity index is 846. The van der Waals surface area contributed by atoms with Crippen molar-refractivity contribution in [3.63, 3.8) is 0 Å². The molecule has 1 fully saturated rings. The number of carbonyl (C=O) groups is 1. The number of aromatic nitrogens is 1. The number of nitrogens with zero attached hydrogens (tertiary/aromatic N) is 1. The number of likely N-dealkylation sites (tertiary alicyclic amines) is 1. The molecule has 0 radical (unpaired) electrons. The second-order valence-electron chi connectivity index (χ2n) is 6.71. The second kappa shape index (κ2) is 6.42. The highest BCUT2D eigenvalue weighted by molar-refractivity contribution is 7.10. The van der Waals surface area contributed by atoms with E-state index >= 15 is 0 Å². The summed E-state index contributed by atoms with van der Waals surface area (Å²) in [6.45, 7) is 4.06. The van der Waals surface area contributed by atoms with Crippen LogP contribution < -0.4 is 5.56 Å². The number of nitrogens with one attached hydrogen (secondary N) is 1. The predicted molar refractivity (Wildman–Crippen MR) is 97.2 cm³/mol. The monoisotopic (exact) mass is 358 g/mol. The third-order valence-corrected chi connectivity index (χ3v) is 6.37. The normalized spacial score (nSPS) is 19.0. The summed E-state index contributed by atoms with van der Waals surface area (Å²) in [4.78, 5) is 30.5. The lowest BCUT2D eigenvalue weighted by Crippen LogP contribution is -2.48. The minimum Gasteiger partial charge on any atom is -0.370 e. The van der Waals surface area contributed by atoms with Gasteiger partial charge in [-0.2, -0.15) is 0 Å². The Morgan fingerprint density at radius 3 is 2.88 bits per heavy atom. The van der Waals surface area contributed by atoms with Gasteiger partial charge in [0.25, 0.3) is 5.91 Å². The lowest BCUT2D eigenvalue weighted by molar-refractivity contribution is -0.0926. The van der Waals surface area contributed by atoms with E-state index in [2.05, 4.69) is 16.4 Å². The van der Waals surface area contributed by atoms with Crippen LogP contribution in [0, 0.1) is 0 Å². The second-order valence-corrected chi connectivity index (χ2v) is 7.71. The Morgan fingerprint density at radius 1 is 1.32 bits per heavy atom. The van der Waals surface area contributed by atoms with Gasteiger partial charge < -0.3 is 14.6 Å². The Morgan fingerprint density at radius 2 is 2.12 bits per heavy atom. The SMILES string of the molecule is CCc1[nH]c(=O)ccc1C(=O)N1CCC2(CC1)OCCc1sccc12. The molecule has 0 saturated carbocycles. The third-order valence-electron chi connectivity index (χ3n) is 5.39. The number of hydrogen-bond donors (Lipinski definition) is 1. The lowest BCUT2D eigenvalue weighted by Gasteiger charge is -2.44. The van der Waals surface area contributed by atoms with E-state index in [9.17, 15) is 9.59 Å². The number of carbonyl (C=O) groups excluding carboxylic acids is 1. The van der Waals surface area contributed by atoms with Crippen molar-refractivity contribution in [2.75, 3.05) is 19.7 Å². The molecule has 25 heavy (non-hydrogen) atoms. The first-order valence-corrected chi connectivity index (χ1v) is 9.73. The molecule has 5 nitrogen and oxygen atoms in total. The van der Waals surface area contributed by atoms with E-state index < -0.39 is 0 Å². The van der Waals surface area contributed by atoms with Gasteiger partial charge in [0.1, 0.15) is 0 Å². The first-order valence-electron chi connectivity index (χ1n) is 8.85. The molecule has 0 bridgehead atoms. The molecule has 1 spiro atoms. The summed E-state index contributed by atoms with van der Waals surface area (Å²) in [6, 6.07) is 5.27. The van der Waals surface area contributed by atoms with Crippen molar-refractivity contribution in [2.45, 2.75) is 38.2 Å². The maximum atomic E-state index is 12.9. The molecular formula is C19H22N2O3S. The van der Waals surface area contributed by atoms with Gasteiger partial charge in [0.2, 0.25) is 5.56 Å². The molecule has 4 rings (SSSR count). The smallest absolute Gasteiger partial charge is 0.255 e. The van der Waals surface area contributed by atoms with Gasteiger partial charge >= 0.3 is 0 Å². The van der Waals surface area contributed by atoms with Crippen molar-refractivity contribution in [1.82, 2.24) is 9.88 Å². The van der Waals surface area contributed by atoms with E-state index in [4.69, 9.17) is 4.74 Å². The van der Waals surface area contributed by atoms with Gasteiger partial charge in [-0.05, 0) is 42.3 Å². The van der Waals surface area contributed by atoms with Crippen LogP contribution >= 0.6 is 11.3 Å². The van der Waals surface area contributed by atoms with E-state index in [0.717, 1.165) is 25.9 Å². The predicted octanol–water partition coefficient (Wildman–Crippen LogP) is 2.70. The zero-order chi connectivity index (χ0) is 17.4. The number of pyridine rings is 1. The molecule has 2 aromatic heterocycles. The minimum atomic E-state index is -0.219. The van der Waals surface area contributed by atoms with Crippen molar-refractivity contribution in [3.8, 4) is 0 Å². The average molecular weight is 358 g/mol. The van der Waals surface area contributed by atoms with Gasteiger partial charge in [0.15, 0.2) is 0 Å². The average Bonchev–Trinajstić information content (AvgIpc) is 3.12. The lowest BCUT2D eigenvalue weighted by atomic mass is 9.82. The molecular weight excluding hydrogens is 336 g/mol. The van der Waals surface area contributed by atoms with Crippen LogP contribution in [0.3, 0.4) is 0 Å². The number of fused-ring (bicyclic) bond motifs is 2. The fraction of sp³-hybridized carbons (Fsp3) is 0.474. The van der Waals surface area contributed by atoms with Crippen molar-refractivity contribution in [1.29, 1.82) is 0 Å². The third kappa shape index (κ3) is 2.83. The zero-order valence-corrected chi connectivity index (χ0v) is 15.2. The Kier molecular flexibility index (Phi) is 4.25. The van der Waals surface area contributed by atoms with Crippen molar-refractivity contribution < 1.29 is 9.53 Å². The number of hydrogen-bond acceptors (Lipinski definition) is 4. The van der Waals surface area contributed by atoms with Crippen molar-refractivity contribution >= 4 is 17.2 Å². The molecule has 1 amide bonds. The number of thiophene rings is 1. The van der Waals surface area contributed by atoms with E-state index in [1.54, 1.807) is 6.07 Å². The summed E-state index contributed by atoms with van der Waals surface area (Å²) in [5.41, 5.74) is 2.27. The van der Waals surface area contributed by atoms with Crippen LogP contribution in [0.15, 0.2) is 28.4 Å². The summed E-state index contributed by atoms with van der Waals surface area (Å²) in [5, 5.41) is 2.15.